The van der Waals surface area contributed by atoms with Crippen molar-refractivity contribution in [1.82, 2.24) is 15.5 Å². The Hall–Kier alpha value is -1.79. The van der Waals surface area contributed by atoms with E-state index in [9.17, 15) is 19.5 Å². The first-order valence-corrected chi connectivity index (χ1v) is 3.64. The summed E-state index contributed by atoms with van der Waals surface area (Å²) in [6.07, 6.45) is 0. The molecule has 13 heavy (non-hydrogen) atoms. The van der Waals surface area contributed by atoms with Gasteiger partial charge in [-0.2, -0.15) is 0 Å². The quantitative estimate of drug-likeness (QED) is 0.496. The van der Waals surface area contributed by atoms with E-state index in [1.807, 2.05) is 5.32 Å². The molecule has 1 fully saturated rings. The third-order valence-electron chi connectivity index (χ3n) is 1.49. The predicted octanol–water partition coefficient (Wildman–Crippen LogP) is -2.53. The maximum absolute atomic E-state index is 11.0. The van der Waals surface area contributed by atoms with Crippen molar-refractivity contribution in [2.75, 3.05) is 19.6 Å². The average molecular weight is 186 g/mol. The van der Waals surface area contributed by atoms with Gasteiger partial charge in [-0.3, -0.25) is 0 Å². The van der Waals surface area contributed by atoms with Crippen molar-refractivity contribution in [2.24, 2.45) is 0 Å². The lowest BCUT2D eigenvalue weighted by molar-refractivity contribution is -0.303. The van der Waals surface area contributed by atoms with E-state index >= 15 is 0 Å². The van der Waals surface area contributed by atoms with E-state index in [1.54, 1.807) is 0 Å². The number of nitrogens with zero attached hydrogens (tertiary/aromatic N) is 1. The topological polar surface area (TPSA) is 102 Å². The second-order valence-electron chi connectivity index (χ2n) is 2.41. The molecule has 0 atom stereocenters. The van der Waals surface area contributed by atoms with Crippen molar-refractivity contribution in [3.05, 3.63) is 0 Å². The normalized spacial score (nSPS) is 15.4. The summed E-state index contributed by atoms with van der Waals surface area (Å²) < 4.78 is 0. The number of carbonyl (C=O) groups excluding carboxylic acids is 3. The molecule has 0 aromatic rings. The van der Waals surface area contributed by atoms with Crippen LogP contribution in [0.1, 0.15) is 0 Å². The van der Waals surface area contributed by atoms with Crippen LogP contribution in [-0.2, 0) is 4.79 Å². The molecule has 1 heterocycles. The Morgan fingerprint density at radius 3 is 2.77 bits per heavy atom. The molecule has 0 spiro atoms. The molecule has 1 saturated heterocycles. The van der Waals surface area contributed by atoms with E-state index in [0.717, 1.165) is 4.90 Å². The number of nitrogens with one attached hydrogen (secondary N) is 2. The summed E-state index contributed by atoms with van der Waals surface area (Å²) >= 11 is 0. The van der Waals surface area contributed by atoms with Gasteiger partial charge in [0.15, 0.2) is 0 Å². The van der Waals surface area contributed by atoms with Gasteiger partial charge < -0.3 is 20.5 Å². The highest BCUT2D eigenvalue weighted by atomic mass is 16.4. The molecule has 0 saturated carbocycles. The van der Waals surface area contributed by atoms with Crippen LogP contribution in [-0.4, -0.2) is 42.6 Å². The molecule has 0 aromatic heterocycles. The van der Waals surface area contributed by atoms with Crippen LogP contribution in [0.5, 0.6) is 0 Å². The molecule has 0 aliphatic carbocycles. The second-order valence-corrected chi connectivity index (χ2v) is 2.41. The fourth-order valence-electron chi connectivity index (χ4n) is 0.909. The van der Waals surface area contributed by atoms with Gasteiger partial charge in [0.1, 0.15) is 0 Å². The van der Waals surface area contributed by atoms with Crippen LogP contribution in [0, 0.1) is 0 Å². The Morgan fingerprint density at radius 2 is 2.31 bits per heavy atom. The number of hydrogen-bond donors (Lipinski definition) is 2. The molecular weight excluding hydrogens is 178 g/mol. The molecule has 2 N–H and O–H groups in total. The van der Waals surface area contributed by atoms with Gasteiger partial charge in [0.2, 0.25) is 0 Å². The number of amides is 4. The van der Waals surface area contributed by atoms with Gasteiger partial charge in [-0.1, -0.05) is 0 Å². The molecule has 1 aliphatic rings. The van der Waals surface area contributed by atoms with Crippen molar-refractivity contribution in [2.45, 2.75) is 0 Å². The SMILES string of the molecule is O=C([O-])CNC(=O)N1CCNC1=O. The number of carboxylic acids is 1. The molecule has 4 amide bonds. The lowest BCUT2D eigenvalue weighted by Crippen LogP contribution is -2.46. The summed E-state index contributed by atoms with van der Waals surface area (Å²) in [5, 5.41) is 14.4. The number of rotatable bonds is 2. The highest BCUT2D eigenvalue weighted by Crippen LogP contribution is 1.95. The highest BCUT2D eigenvalue weighted by molar-refractivity contribution is 5.95. The summed E-state index contributed by atoms with van der Waals surface area (Å²) in [4.78, 5) is 32.7. The maximum Gasteiger partial charge on any atom is 0.325 e. The number of hydrogen-bond acceptors (Lipinski definition) is 4. The van der Waals surface area contributed by atoms with Crippen LogP contribution in [0.2, 0.25) is 0 Å². The summed E-state index contributed by atoms with van der Waals surface area (Å²) in [5.41, 5.74) is 0. The van der Waals surface area contributed by atoms with Crippen LogP contribution < -0.4 is 15.7 Å². The van der Waals surface area contributed by atoms with Crippen molar-refractivity contribution in [3.8, 4) is 0 Å². The lowest BCUT2D eigenvalue weighted by atomic mass is 10.6. The Bertz CT molecular complexity index is 252. The predicted molar refractivity (Wildman–Crippen MR) is 38.5 cm³/mol. The van der Waals surface area contributed by atoms with Gasteiger partial charge in [0, 0.05) is 13.1 Å². The zero-order valence-corrected chi connectivity index (χ0v) is 6.70. The molecule has 0 radical (unpaired) electrons. The molecule has 1 rings (SSSR count). The maximum atomic E-state index is 11.0. The van der Waals surface area contributed by atoms with Crippen LogP contribution >= 0.6 is 0 Å². The van der Waals surface area contributed by atoms with Gasteiger partial charge in [0.25, 0.3) is 0 Å². The van der Waals surface area contributed by atoms with Gasteiger partial charge >= 0.3 is 12.1 Å². The van der Waals surface area contributed by atoms with Gasteiger partial charge in [-0.25, -0.2) is 14.5 Å². The van der Waals surface area contributed by atoms with Crippen molar-refractivity contribution in [3.63, 3.8) is 0 Å². The van der Waals surface area contributed by atoms with Crippen molar-refractivity contribution in [1.29, 1.82) is 0 Å². The first-order chi connectivity index (χ1) is 6.11. The van der Waals surface area contributed by atoms with Crippen LogP contribution in [0.4, 0.5) is 9.59 Å². The number of urea groups is 2. The van der Waals surface area contributed by atoms with E-state index in [1.165, 1.54) is 0 Å². The monoisotopic (exact) mass is 186 g/mol. The molecule has 0 bridgehead atoms. The van der Waals surface area contributed by atoms with Gasteiger partial charge in [0.05, 0.1) is 12.5 Å². The zero-order chi connectivity index (χ0) is 9.84. The highest BCUT2D eigenvalue weighted by Gasteiger charge is 2.25. The van der Waals surface area contributed by atoms with E-state index in [2.05, 4.69) is 5.32 Å². The Balaban J connectivity index is 2.39. The first-order valence-electron chi connectivity index (χ1n) is 3.64. The minimum atomic E-state index is -1.40. The number of carboxylic acid groups (broad SMARTS) is 1. The smallest absolute Gasteiger partial charge is 0.325 e. The largest absolute Gasteiger partial charge is 0.548 e. The summed E-state index contributed by atoms with van der Waals surface area (Å²) in [7, 11) is 0. The minimum Gasteiger partial charge on any atom is -0.548 e. The standard InChI is InChI=1S/C6H9N3O4/c10-4(11)3-8-6(13)9-2-1-7-5(9)12/h1-3H2,(H,7,12)(H,8,13)(H,10,11)/p-1. The first kappa shape index (κ1) is 9.30. The van der Waals surface area contributed by atoms with Crippen molar-refractivity contribution < 1.29 is 19.5 Å². The summed E-state index contributed by atoms with van der Waals surface area (Å²) in [5.74, 6) is -1.40. The fraction of sp³-hybridized carbons (Fsp3) is 0.500. The van der Waals surface area contributed by atoms with Gasteiger partial charge in [-0.05, 0) is 0 Å². The molecular formula is C6H8N3O4-. The average Bonchev–Trinajstić information content (AvgIpc) is 2.47. The Morgan fingerprint density at radius 1 is 1.62 bits per heavy atom. The molecule has 0 aromatic carbocycles. The number of carbonyl (C=O) groups is 3. The van der Waals surface area contributed by atoms with Crippen LogP contribution in [0.3, 0.4) is 0 Å². The van der Waals surface area contributed by atoms with Gasteiger partial charge in [-0.15, -0.1) is 0 Å². The Kier molecular flexibility index (Phi) is 2.68. The van der Waals surface area contributed by atoms with Crippen LogP contribution in [0.15, 0.2) is 0 Å². The Labute approximate surface area is 73.7 Å². The third kappa shape index (κ3) is 2.32. The zero-order valence-electron chi connectivity index (χ0n) is 6.70. The molecule has 1 aliphatic heterocycles. The molecule has 7 heteroatoms. The van der Waals surface area contributed by atoms with E-state index in [4.69, 9.17) is 0 Å². The number of aliphatic carboxylic acids is 1. The van der Waals surface area contributed by atoms with Crippen molar-refractivity contribution >= 4 is 18.0 Å². The van der Waals surface area contributed by atoms with Crippen LogP contribution in [0.25, 0.3) is 0 Å². The summed E-state index contributed by atoms with van der Waals surface area (Å²) in [6.45, 7) is 0.0396. The number of imide groups is 1. The van der Waals surface area contributed by atoms with E-state index < -0.39 is 24.6 Å². The van der Waals surface area contributed by atoms with E-state index in [-0.39, 0.29) is 6.54 Å². The van der Waals surface area contributed by atoms with E-state index in [0.29, 0.717) is 6.54 Å². The molecule has 7 nitrogen and oxygen atoms in total. The molecule has 72 valence electrons. The minimum absolute atomic E-state index is 0.248. The lowest BCUT2D eigenvalue weighted by Gasteiger charge is -2.13. The molecule has 0 unspecified atom stereocenters. The summed E-state index contributed by atoms with van der Waals surface area (Å²) in [6, 6.07) is -1.24. The fourth-order valence-corrected chi connectivity index (χ4v) is 0.909. The second kappa shape index (κ2) is 3.74. The third-order valence-corrected chi connectivity index (χ3v) is 1.49.